The molecule has 5 amide bonds. The molecule has 1 fully saturated rings. The molecule has 0 aromatic carbocycles. The number of ether oxygens (including phenoxy) is 1. The van der Waals surface area contributed by atoms with Crippen molar-refractivity contribution in [2.45, 2.75) is 85.2 Å². The first-order valence-electron chi connectivity index (χ1n) is 13.4. The molecule has 1 saturated heterocycles. The highest BCUT2D eigenvalue weighted by Gasteiger charge is 2.38. The normalized spacial score (nSPS) is 23.3. The topological polar surface area (TPSA) is 166 Å². The Morgan fingerprint density at radius 1 is 1.11 bits per heavy atom. The number of amides is 5. The third-order valence-corrected chi connectivity index (χ3v) is 6.72. The van der Waals surface area contributed by atoms with Crippen LogP contribution < -0.4 is 21.4 Å². The second kappa shape index (κ2) is 15.5. The molecular formula is C26H47N5O7. The molecule has 218 valence electrons. The van der Waals surface area contributed by atoms with Gasteiger partial charge in [0.15, 0.2) is 0 Å². The van der Waals surface area contributed by atoms with Crippen LogP contribution in [0.4, 0.5) is 4.79 Å². The Morgan fingerprint density at radius 3 is 2.32 bits per heavy atom. The Balaban J connectivity index is 3.35. The van der Waals surface area contributed by atoms with Gasteiger partial charge in [-0.3, -0.25) is 24.4 Å². The van der Waals surface area contributed by atoms with E-state index < -0.39 is 53.1 Å². The Labute approximate surface area is 225 Å². The van der Waals surface area contributed by atoms with Gasteiger partial charge in [-0.15, -0.1) is 0 Å². The SMILES string of the molecule is CNC(=O)[C@@H](NC(=O)[C@@H]1CCCCN(C)C(=O)OCCC[C@H](C(=O)NO)[C@@H](CC(C)C)C(=O)N1)C(C)(C)C. The minimum Gasteiger partial charge on any atom is -0.449 e. The molecule has 1 rings (SSSR count). The number of carbonyl (C=O) groups is 5. The molecule has 1 aliphatic rings. The van der Waals surface area contributed by atoms with Gasteiger partial charge in [0.1, 0.15) is 12.1 Å². The number of carbonyl (C=O) groups excluding carboxylic acids is 5. The van der Waals surface area contributed by atoms with Crippen LogP contribution in [-0.2, 0) is 23.9 Å². The molecular weight excluding hydrogens is 494 g/mol. The number of nitrogens with zero attached hydrogens (tertiary/aromatic N) is 1. The third-order valence-electron chi connectivity index (χ3n) is 6.72. The zero-order chi connectivity index (χ0) is 29.0. The van der Waals surface area contributed by atoms with Crippen molar-refractivity contribution in [3.05, 3.63) is 0 Å². The molecule has 12 heteroatoms. The number of nitrogens with one attached hydrogen (secondary N) is 4. The van der Waals surface area contributed by atoms with Crippen LogP contribution in [-0.4, -0.2) is 79.2 Å². The maximum atomic E-state index is 13.6. The van der Waals surface area contributed by atoms with Gasteiger partial charge in [0.05, 0.1) is 12.5 Å². The fraction of sp³-hybridized carbons (Fsp3) is 0.808. The van der Waals surface area contributed by atoms with Crippen molar-refractivity contribution in [1.82, 2.24) is 26.3 Å². The van der Waals surface area contributed by atoms with E-state index in [1.807, 2.05) is 34.6 Å². The zero-order valence-electron chi connectivity index (χ0n) is 23.9. The maximum Gasteiger partial charge on any atom is 0.409 e. The summed E-state index contributed by atoms with van der Waals surface area (Å²) in [6.45, 7) is 9.77. The summed E-state index contributed by atoms with van der Waals surface area (Å²) < 4.78 is 5.29. The molecule has 1 aliphatic heterocycles. The molecule has 38 heavy (non-hydrogen) atoms. The largest absolute Gasteiger partial charge is 0.449 e. The number of rotatable bonds is 6. The van der Waals surface area contributed by atoms with E-state index in [9.17, 15) is 29.2 Å². The van der Waals surface area contributed by atoms with Crippen molar-refractivity contribution < 1.29 is 33.9 Å². The van der Waals surface area contributed by atoms with Crippen LogP contribution in [0.1, 0.15) is 73.1 Å². The molecule has 12 nitrogen and oxygen atoms in total. The van der Waals surface area contributed by atoms with Crippen molar-refractivity contribution in [1.29, 1.82) is 0 Å². The lowest BCUT2D eigenvalue weighted by Gasteiger charge is -2.32. The van der Waals surface area contributed by atoms with Gasteiger partial charge in [0, 0.05) is 26.6 Å². The molecule has 0 saturated carbocycles. The van der Waals surface area contributed by atoms with Crippen LogP contribution in [0, 0.1) is 23.2 Å². The van der Waals surface area contributed by atoms with Gasteiger partial charge in [-0.05, 0) is 49.9 Å². The Hall–Kier alpha value is -2.89. The van der Waals surface area contributed by atoms with Crippen LogP contribution in [0.2, 0.25) is 0 Å². The molecule has 5 N–H and O–H groups in total. The van der Waals surface area contributed by atoms with E-state index in [1.54, 1.807) is 12.5 Å². The van der Waals surface area contributed by atoms with E-state index >= 15 is 0 Å². The average molecular weight is 542 g/mol. The summed E-state index contributed by atoms with van der Waals surface area (Å²) in [4.78, 5) is 65.9. The van der Waals surface area contributed by atoms with E-state index in [0.717, 1.165) is 0 Å². The second-order valence-electron chi connectivity index (χ2n) is 11.5. The van der Waals surface area contributed by atoms with Gasteiger partial charge in [-0.1, -0.05) is 34.6 Å². The van der Waals surface area contributed by atoms with E-state index in [2.05, 4.69) is 16.0 Å². The Kier molecular flexibility index (Phi) is 13.5. The summed E-state index contributed by atoms with van der Waals surface area (Å²) in [5.74, 6) is -3.76. The van der Waals surface area contributed by atoms with Crippen molar-refractivity contribution in [2.75, 3.05) is 27.2 Å². The van der Waals surface area contributed by atoms with E-state index in [0.29, 0.717) is 32.2 Å². The maximum absolute atomic E-state index is 13.6. The fourth-order valence-corrected chi connectivity index (χ4v) is 4.53. The van der Waals surface area contributed by atoms with Gasteiger partial charge in [-0.2, -0.15) is 0 Å². The minimum atomic E-state index is -0.966. The monoisotopic (exact) mass is 541 g/mol. The molecule has 1 heterocycles. The standard InChI is InChI=1S/C26H47N5O7/c1-16(2)15-18-17(22(33)30-37)11-10-14-38-25(36)31(7)13-9-8-12-19(28-21(18)32)23(34)29-20(24(35)27-6)26(3,4)5/h16-20,37H,8-15H2,1-7H3,(H,27,35)(H,28,32)(H,29,34)(H,30,33)/t17-,18+,19-,20+/m0/s1. The van der Waals surface area contributed by atoms with E-state index in [4.69, 9.17) is 4.74 Å². The first-order chi connectivity index (χ1) is 17.7. The van der Waals surface area contributed by atoms with E-state index in [-0.39, 0.29) is 31.3 Å². The lowest BCUT2D eigenvalue weighted by Crippen LogP contribution is -2.58. The van der Waals surface area contributed by atoms with Crippen LogP contribution in [0.25, 0.3) is 0 Å². The van der Waals surface area contributed by atoms with Crippen molar-refractivity contribution in [3.8, 4) is 0 Å². The first-order valence-corrected chi connectivity index (χ1v) is 13.4. The summed E-state index contributed by atoms with van der Waals surface area (Å²) in [7, 11) is 3.10. The molecule has 0 radical (unpaired) electrons. The van der Waals surface area contributed by atoms with Gasteiger partial charge < -0.3 is 25.6 Å². The number of hydrogen-bond donors (Lipinski definition) is 5. The van der Waals surface area contributed by atoms with Crippen LogP contribution in [0.5, 0.6) is 0 Å². The summed E-state index contributed by atoms with van der Waals surface area (Å²) in [5, 5.41) is 17.6. The quantitative estimate of drug-likeness (QED) is 0.251. The summed E-state index contributed by atoms with van der Waals surface area (Å²) in [6, 6.07) is -1.80. The highest BCUT2D eigenvalue weighted by molar-refractivity contribution is 5.94. The van der Waals surface area contributed by atoms with Crippen molar-refractivity contribution in [2.24, 2.45) is 23.2 Å². The Bertz CT molecular complexity index is 827. The van der Waals surface area contributed by atoms with Gasteiger partial charge in [0.25, 0.3) is 0 Å². The fourth-order valence-electron chi connectivity index (χ4n) is 4.53. The molecule has 0 aromatic heterocycles. The second-order valence-corrected chi connectivity index (χ2v) is 11.5. The summed E-state index contributed by atoms with van der Waals surface area (Å²) >= 11 is 0. The minimum absolute atomic E-state index is 0.0408. The van der Waals surface area contributed by atoms with Crippen LogP contribution in [0.15, 0.2) is 0 Å². The van der Waals surface area contributed by atoms with Crippen molar-refractivity contribution >= 4 is 29.7 Å². The third kappa shape index (κ3) is 10.5. The summed E-state index contributed by atoms with van der Waals surface area (Å²) in [6.07, 6.45) is 1.67. The van der Waals surface area contributed by atoms with Crippen molar-refractivity contribution in [3.63, 3.8) is 0 Å². The number of hydroxylamine groups is 1. The molecule has 0 aromatic rings. The number of hydrogen-bond acceptors (Lipinski definition) is 7. The number of cyclic esters (lactones) is 1. The molecule has 4 atom stereocenters. The van der Waals surface area contributed by atoms with Crippen LogP contribution >= 0.6 is 0 Å². The predicted octanol–water partition coefficient (Wildman–Crippen LogP) is 1.56. The molecule has 0 unspecified atom stereocenters. The summed E-state index contributed by atoms with van der Waals surface area (Å²) in [5.41, 5.74) is 1.07. The highest BCUT2D eigenvalue weighted by atomic mass is 16.6. The van der Waals surface area contributed by atoms with Gasteiger partial charge in [-0.25, -0.2) is 10.3 Å². The lowest BCUT2D eigenvalue weighted by molar-refractivity contribution is -0.142. The first kappa shape index (κ1) is 33.1. The molecule has 0 aliphatic carbocycles. The smallest absolute Gasteiger partial charge is 0.409 e. The number of likely N-dealkylation sites (N-methyl/N-ethyl adjacent to an activating group) is 1. The lowest BCUT2D eigenvalue weighted by atomic mass is 9.81. The highest BCUT2D eigenvalue weighted by Crippen LogP contribution is 2.27. The molecule has 0 bridgehead atoms. The Morgan fingerprint density at radius 2 is 1.76 bits per heavy atom. The molecule has 0 spiro atoms. The van der Waals surface area contributed by atoms with Crippen LogP contribution in [0.3, 0.4) is 0 Å². The van der Waals surface area contributed by atoms with E-state index in [1.165, 1.54) is 11.9 Å². The van der Waals surface area contributed by atoms with Gasteiger partial charge >= 0.3 is 6.09 Å². The average Bonchev–Trinajstić information content (AvgIpc) is 2.85. The van der Waals surface area contributed by atoms with Gasteiger partial charge in [0.2, 0.25) is 23.6 Å². The zero-order valence-corrected chi connectivity index (χ0v) is 23.9. The predicted molar refractivity (Wildman–Crippen MR) is 141 cm³/mol.